The van der Waals surface area contributed by atoms with Gasteiger partial charge >= 0.3 is 0 Å². The molecular formula is C28H29FN4O4. The molecule has 2 aliphatic heterocycles. The predicted octanol–water partition coefficient (Wildman–Crippen LogP) is 3.53. The number of aromatic amines is 1. The molecule has 0 saturated carbocycles. The van der Waals surface area contributed by atoms with Crippen LogP contribution in [0.25, 0.3) is 10.9 Å². The van der Waals surface area contributed by atoms with Crippen molar-refractivity contribution in [2.24, 2.45) is 5.41 Å². The zero-order valence-corrected chi connectivity index (χ0v) is 20.9. The van der Waals surface area contributed by atoms with Crippen LogP contribution in [0.15, 0.2) is 48.5 Å². The molecule has 5 rings (SSSR count). The van der Waals surface area contributed by atoms with Crippen molar-refractivity contribution in [1.29, 1.82) is 0 Å². The molecule has 1 spiro atoms. The molecule has 0 bridgehead atoms. The van der Waals surface area contributed by atoms with Gasteiger partial charge < -0.3 is 25.3 Å². The van der Waals surface area contributed by atoms with E-state index in [1.807, 2.05) is 39.0 Å². The maximum Gasteiger partial charge on any atom is 0.268 e. The molecule has 1 fully saturated rings. The number of H-pyrrole nitrogens is 1. The smallest absolute Gasteiger partial charge is 0.268 e. The van der Waals surface area contributed by atoms with Crippen molar-refractivity contribution >= 4 is 40.6 Å². The quantitative estimate of drug-likeness (QED) is 0.462. The van der Waals surface area contributed by atoms with Gasteiger partial charge in [-0.1, -0.05) is 45.0 Å². The van der Waals surface area contributed by atoms with Crippen LogP contribution in [0.2, 0.25) is 0 Å². The van der Waals surface area contributed by atoms with E-state index in [0.717, 1.165) is 5.56 Å². The number of rotatable bonds is 5. The fraction of sp³-hybridized carbons (Fsp3) is 0.357. The van der Waals surface area contributed by atoms with Crippen molar-refractivity contribution in [3.05, 3.63) is 65.6 Å². The van der Waals surface area contributed by atoms with E-state index in [0.29, 0.717) is 23.9 Å². The summed E-state index contributed by atoms with van der Waals surface area (Å²) < 4.78 is 14.2. The van der Waals surface area contributed by atoms with Crippen molar-refractivity contribution < 1.29 is 23.6 Å². The molecule has 1 aromatic heterocycles. The van der Waals surface area contributed by atoms with Crippen LogP contribution in [-0.2, 0) is 19.8 Å². The summed E-state index contributed by atoms with van der Waals surface area (Å²) in [4.78, 5) is 56.6. The van der Waals surface area contributed by atoms with Crippen LogP contribution in [0.5, 0.6) is 0 Å². The summed E-state index contributed by atoms with van der Waals surface area (Å²) in [6.07, 6.45) is 1.16. The molecule has 8 nitrogen and oxygen atoms in total. The number of nitrogens with one attached hydrogen (secondary N) is 3. The Labute approximate surface area is 213 Å². The molecule has 37 heavy (non-hydrogen) atoms. The van der Waals surface area contributed by atoms with Crippen molar-refractivity contribution in [1.82, 2.24) is 15.2 Å². The number of para-hydroxylation sites is 1. The van der Waals surface area contributed by atoms with Gasteiger partial charge in [0.15, 0.2) is 0 Å². The Hall–Kier alpha value is -4.01. The molecule has 9 heteroatoms. The summed E-state index contributed by atoms with van der Waals surface area (Å²) in [5.41, 5.74) is 0.669. The normalized spacial score (nSPS) is 21.7. The number of amides is 3. The molecule has 3 heterocycles. The van der Waals surface area contributed by atoms with Crippen LogP contribution in [0.3, 0.4) is 0 Å². The van der Waals surface area contributed by atoms with E-state index in [9.17, 15) is 23.6 Å². The molecule has 1 saturated heterocycles. The number of aldehydes is 1. The molecule has 3 N–H and O–H groups in total. The van der Waals surface area contributed by atoms with Gasteiger partial charge in [-0.25, -0.2) is 4.39 Å². The lowest BCUT2D eigenvalue weighted by Gasteiger charge is -2.31. The fourth-order valence-electron chi connectivity index (χ4n) is 5.53. The number of aromatic nitrogens is 1. The highest BCUT2D eigenvalue weighted by Gasteiger charge is 2.56. The molecule has 3 atom stereocenters. The number of fused-ring (bicyclic) bond motifs is 3. The lowest BCUT2D eigenvalue weighted by molar-refractivity contribution is -0.137. The average molecular weight is 505 g/mol. The van der Waals surface area contributed by atoms with Crippen LogP contribution >= 0.6 is 0 Å². The highest BCUT2D eigenvalue weighted by molar-refractivity contribution is 6.08. The molecule has 0 aliphatic carbocycles. The number of carbonyl (C=O) groups excluding carboxylic acids is 4. The number of hydrogen-bond acceptors (Lipinski definition) is 4. The number of benzene rings is 2. The van der Waals surface area contributed by atoms with Gasteiger partial charge in [-0.15, -0.1) is 0 Å². The molecule has 3 amide bonds. The summed E-state index contributed by atoms with van der Waals surface area (Å²) in [7, 11) is 0. The Morgan fingerprint density at radius 2 is 1.97 bits per heavy atom. The largest absolute Gasteiger partial charge is 0.350 e. The minimum absolute atomic E-state index is 0.0339. The second-order valence-corrected chi connectivity index (χ2v) is 11.1. The minimum atomic E-state index is -1.02. The number of hydrogen-bond donors (Lipinski definition) is 3. The van der Waals surface area contributed by atoms with Gasteiger partial charge in [-0.2, -0.15) is 0 Å². The number of anilines is 1. The number of likely N-dealkylation sites (tertiary alicyclic amines) is 1. The van der Waals surface area contributed by atoms with Gasteiger partial charge in [0.2, 0.25) is 11.8 Å². The van der Waals surface area contributed by atoms with E-state index in [-0.39, 0.29) is 35.4 Å². The van der Waals surface area contributed by atoms with Crippen LogP contribution in [0.4, 0.5) is 10.1 Å². The Balaban J connectivity index is 1.44. The van der Waals surface area contributed by atoms with E-state index in [1.54, 1.807) is 18.2 Å². The first kappa shape index (κ1) is 24.7. The van der Waals surface area contributed by atoms with Gasteiger partial charge in [0.05, 0.1) is 11.5 Å². The Morgan fingerprint density at radius 1 is 1.22 bits per heavy atom. The summed E-state index contributed by atoms with van der Waals surface area (Å²) in [6.45, 7) is 5.87. The summed E-state index contributed by atoms with van der Waals surface area (Å²) >= 11 is 0. The van der Waals surface area contributed by atoms with Gasteiger partial charge in [-0.05, 0) is 48.1 Å². The Kier molecular flexibility index (Phi) is 5.89. The molecule has 192 valence electrons. The van der Waals surface area contributed by atoms with Gasteiger partial charge in [0, 0.05) is 23.1 Å². The summed E-state index contributed by atoms with van der Waals surface area (Å²) in [6, 6.07) is 11.4. The van der Waals surface area contributed by atoms with Crippen LogP contribution in [0, 0.1) is 11.2 Å². The standard InChI is InChI=1S/C28H29FN4O4/c1-27(2,3)13-23(31-24(35)22-11-17-19(29)8-6-10-20(17)30-22)25(36)33-15-28(12-16(33)14-34)18-7-4-5-9-21(18)32-26(28)37/h4-11,14,16,23,30H,12-13,15H2,1-3H3,(H,31,35)(H,32,37)/t16-,23-,28-/m0/s1. The Morgan fingerprint density at radius 3 is 2.68 bits per heavy atom. The van der Waals surface area contributed by atoms with Crippen LogP contribution < -0.4 is 10.6 Å². The lowest BCUT2D eigenvalue weighted by Crippen LogP contribution is -2.52. The van der Waals surface area contributed by atoms with Crippen molar-refractivity contribution in [2.75, 3.05) is 11.9 Å². The van der Waals surface area contributed by atoms with E-state index in [4.69, 9.17) is 0 Å². The van der Waals surface area contributed by atoms with E-state index in [2.05, 4.69) is 15.6 Å². The lowest BCUT2D eigenvalue weighted by atomic mass is 9.80. The zero-order valence-electron chi connectivity index (χ0n) is 20.9. The van der Waals surface area contributed by atoms with E-state index in [1.165, 1.54) is 17.0 Å². The van der Waals surface area contributed by atoms with Gasteiger partial charge in [0.1, 0.15) is 23.8 Å². The first-order valence-electron chi connectivity index (χ1n) is 12.3. The second-order valence-electron chi connectivity index (χ2n) is 11.1. The highest BCUT2D eigenvalue weighted by atomic mass is 19.1. The zero-order chi connectivity index (χ0) is 26.5. The Bertz CT molecular complexity index is 1430. The maximum atomic E-state index is 14.2. The molecule has 0 unspecified atom stereocenters. The minimum Gasteiger partial charge on any atom is -0.350 e. The summed E-state index contributed by atoms with van der Waals surface area (Å²) in [5.74, 6) is -1.69. The second kappa shape index (κ2) is 8.83. The topological polar surface area (TPSA) is 111 Å². The molecule has 0 radical (unpaired) electrons. The van der Waals surface area contributed by atoms with Crippen LogP contribution in [0.1, 0.15) is 49.7 Å². The maximum absolute atomic E-state index is 14.2. The number of carbonyl (C=O) groups is 4. The van der Waals surface area contributed by atoms with Gasteiger partial charge in [-0.3, -0.25) is 14.4 Å². The van der Waals surface area contributed by atoms with E-state index >= 15 is 0 Å². The third kappa shape index (κ3) is 4.28. The first-order chi connectivity index (χ1) is 17.5. The molecule has 2 aliphatic rings. The van der Waals surface area contributed by atoms with Gasteiger partial charge in [0.25, 0.3) is 5.91 Å². The third-order valence-corrected chi connectivity index (χ3v) is 7.24. The van der Waals surface area contributed by atoms with Crippen molar-refractivity contribution in [3.8, 4) is 0 Å². The highest BCUT2D eigenvalue weighted by Crippen LogP contribution is 2.46. The summed E-state index contributed by atoms with van der Waals surface area (Å²) in [5, 5.41) is 5.95. The average Bonchev–Trinajstić information content (AvgIpc) is 3.53. The number of nitrogens with zero attached hydrogens (tertiary/aromatic N) is 1. The molecular weight excluding hydrogens is 475 g/mol. The van der Waals surface area contributed by atoms with Crippen molar-refractivity contribution in [3.63, 3.8) is 0 Å². The molecule has 3 aromatic rings. The third-order valence-electron chi connectivity index (χ3n) is 7.24. The SMILES string of the molecule is CC(C)(C)C[C@H](NC(=O)c1cc2c(F)cccc2[nH]1)C(=O)N1C[C@]2(C[C@H]1C=O)C(=O)Nc1ccccc12. The predicted molar refractivity (Wildman–Crippen MR) is 137 cm³/mol. The molecule has 2 aromatic carbocycles. The number of halogens is 1. The van der Waals surface area contributed by atoms with E-state index < -0.39 is 35.1 Å². The van der Waals surface area contributed by atoms with Crippen LogP contribution in [-0.4, -0.2) is 52.5 Å². The van der Waals surface area contributed by atoms with Crippen molar-refractivity contribution in [2.45, 2.75) is 51.1 Å². The monoisotopic (exact) mass is 504 g/mol. The fourth-order valence-corrected chi connectivity index (χ4v) is 5.53. The first-order valence-corrected chi connectivity index (χ1v) is 12.3.